The van der Waals surface area contributed by atoms with Gasteiger partial charge in [-0.1, -0.05) is 13.8 Å². The lowest BCUT2D eigenvalue weighted by molar-refractivity contribution is -0.385. The van der Waals surface area contributed by atoms with E-state index in [2.05, 4.69) is 19.2 Å². The number of benzene rings is 1. The van der Waals surface area contributed by atoms with Crippen molar-refractivity contribution >= 4 is 17.3 Å². The van der Waals surface area contributed by atoms with Crippen molar-refractivity contribution in [3.8, 4) is 0 Å². The lowest BCUT2D eigenvalue weighted by Crippen LogP contribution is -2.16. The largest absolute Gasteiger partial charge is 0.477 e. The molecule has 0 bridgehead atoms. The van der Waals surface area contributed by atoms with Crippen molar-refractivity contribution in [1.82, 2.24) is 0 Å². The van der Waals surface area contributed by atoms with Crippen molar-refractivity contribution in [3.05, 3.63) is 33.9 Å². The van der Waals surface area contributed by atoms with Crippen molar-refractivity contribution in [1.29, 1.82) is 0 Å². The second-order valence-electron chi connectivity index (χ2n) is 5.31. The molecule has 0 saturated heterocycles. The quantitative estimate of drug-likeness (QED) is 0.588. The molecule has 1 aromatic rings. The van der Waals surface area contributed by atoms with Crippen molar-refractivity contribution in [2.75, 3.05) is 5.32 Å². The average Bonchev–Trinajstić information content (AvgIpc) is 2.35. The number of hydrogen-bond acceptors (Lipinski definition) is 4. The maximum atomic E-state index is 11.0. The molecule has 0 aliphatic carbocycles. The fraction of sp³-hybridized carbons (Fsp3) is 0.500. The zero-order valence-corrected chi connectivity index (χ0v) is 11.9. The van der Waals surface area contributed by atoms with Gasteiger partial charge in [0.05, 0.1) is 4.92 Å². The predicted octanol–water partition coefficient (Wildman–Crippen LogP) is 3.53. The van der Waals surface area contributed by atoms with Crippen LogP contribution in [0.5, 0.6) is 0 Å². The van der Waals surface area contributed by atoms with Gasteiger partial charge < -0.3 is 10.4 Å². The van der Waals surface area contributed by atoms with E-state index in [9.17, 15) is 14.9 Å². The zero-order valence-electron chi connectivity index (χ0n) is 11.9. The van der Waals surface area contributed by atoms with Crippen molar-refractivity contribution in [2.24, 2.45) is 5.92 Å². The van der Waals surface area contributed by atoms with E-state index in [0.29, 0.717) is 11.6 Å². The number of carboxylic acids is 1. The van der Waals surface area contributed by atoms with Gasteiger partial charge in [-0.15, -0.1) is 0 Å². The fourth-order valence-corrected chi connectivity index (χ4v) is 1.90. The maximum Gasteiger partial charge on any atom is 0.342 e. The highest BCUT2D eigenvalue weighted by atomic mass is 16.6. The Morgan fingerprint density at radius 1 is 1.35 bits per heavy atom. The van der Waals surface area contributed by atoms with E-state index in [0.717, 1.165) is 12.8 Å². The van der Waals surface area contributed by atoms with Gasteiger partial charge in [0.25, 0.3) is 5.69 Å². The third-order valence-electron chi connectivity index (χ3n) is 3.01. The van der Waals surface area contributed by atoms with Gasteiger partial charge in [-0.2, -0.15) is 0 Å². The molecule has 1 aromatic carbocycles. The maximum absolute atomic E-state index is 11.0. The van der Waals surface area contributed by atoms with Crippen molar-refractivity contribution < 1.29 is 14.8 Å². The highest BCUT2D eigenvalue weighted by Gasteiger charge is 2.20. The molecule has 1 unspecified atom stereocenters. The number of nitrogens with one attached hydrogen (secondary N) is 1. The molecule has 0 aromatic heterocycles. The Balaban J connectivity index is 2.84. The van der Waals surface area contributed by atoms with Gasteiger partial charge in [-0.25, -0.2) is 4.79 Å². The van der Waals surface area contributed by atoms with Crippen LogP contribution in [0, 0.1) is 16.0 Å². The van der Waals surface area contributed by atoms with Gasteiger partial charge in [0.2, 0.25) is 0 Å². The van der Waals surface area contributed by atoms with E-state index in [4.69, 9.17) is 5.11 Å². The van der Waals surface area contributed by atoms with Crippen LogP contribution in [0.4, 0.5) is 11.4 Å². The summed E-state index contributed by atoms with van der Waals surface area (Å²) < 4.78 is 0. The summed E-state index contributed by atoms with van der Waals surface area (Å²) in [6.45, 7) is 6.28. The first-order valence-corrected chi connectivity index (χ1v) is 6.59. The van der Waals surface area contributed by atoms with Crippen LogP contribution < -0.4 is 5.32 Å². The normalized spacial score (nSPS) is 12.2. The molecule has 110 valence electrons. The number of rotatable bonds is 7. The van der Waals surface area contributed by atoms with E-state index < -0.39 is 16.6 Å². The summed E-state index contributed by atoms with van der Waals surface area (Å²) in [5.41, 5.74) is -0.0989. The van der Waals surface area contributed by atoms with Gasteiger partial charge in [0, 0.05) is 17.8 Å². The smallest absolute Gasteiger partial charge is 0.342 e. The first kappa shape index (κ1) is 15.9. The number of carbonyl (C=O) groups is 1. The Labute approximate surface area is 118 Å². The third kappa shape index (κ3) is 4.53. The minimum absolute atomic E-state index is 0.181. The highest BCUT2D eigenvalue weighted by Crippen LogP contribution is 2.23. The van der Waals surface area contributed by atoms with Crippen LogP contribution in [0.1, 0.15) is 44.0 Å². The Morgan fingerprint density at radius 3 is 2.50 bits per heavy atom. The molecular formula is C14H20N2O4. The summed E-state index contributed by atoms with van der Waals surface area (Å²) in [4.78, 5) is 21.1. The van der Waals surface area contributed by atoms with E-state index in [-0.39, 0.29) is 11.6 Å². The SMILES string of the molecule is CC(C)CCC(C)Nc1ccc([N+](=O)[O-])c(C(=O)O)c1. The second kappa shape index (κ2) is 6.88. The van der Waals surface area contributed by atoms with E-state index in [1.54, 1.807) is 0 Å². The van der Waals surface area contributed by atoms with Gasteiger partial charge in [-0.05, 0) is 37.8 Å². The minimum Gasteiger partial charge on any atom is -0.477 e. The number of carboxylic acid groups (broad SMARTS) is 1. The molecule has 0 aliphatic rings. The summed E-state index contributed by atoms with van der Waals surface area (Å²) in [5.74, 6) is -0.694. The summed E-state index contributed by atoms with van der Waals surface area (Å²) in [6.07, 6.45) is 2.02. The van der Waals surface area contributed by atoms with E-state index in [1.807, 2.05) is 6.92 Å². The lowest BCUT2D eigenvalue weighted by Gasteiger charge is -2.16. The summed E-state index contributed by atoms with van der Waals surface area (Å²) in [6, 6.07) is 4.25. The van der Waals surface area contributed by atoms with Crippen molar-refractivity contribution in [3.63, 3.8) is 0 Å². The lowest BCUT2D eigenvalue weighted by atomic mass is 10.0. The van der Waals surface area contributed by atoms with Crippen LogP contribution in [0.3, 0.4) is 0 Å². The summed E-state index contributed by atoms with van der Waals surface area (Å²) in [5, 5.41) is 22.9. The molecule has 0 amide bonds. The number of nitrogens with zero attached hydrogens (tertiary/aromatic N) is 1. The van der Waals surface area contributed by atoms with E-state index in [1.165, 1.54) is 18.2 Å². The predicted molar refractivity (Wildman–Crippen MR) is 77.2 cm³/mol. The number of anilines is 1. The van der Waals surface area contributed by atoms with Crippen LogP contribution in [0.25, 0.3) is 0 Å². The van der Waals surface area contributed by atoms with Crippen LogP contribution in [-0.2, 0) is 0 Å². The second-order valence-corrected chi connectivity index (χ2v) is 5.31. The minimum atomic E-state index is -1.30. The number of aromatic carboxylic acids is 1. The Kier molecular flexibility index (Phi) is 5.49. The van der Waals surface area contributed by atoms with Crippen molar-refractivity contribution in [2.45, 2.75) is 39.7 Å². The molecule has 2 N–H and O–H groups in total. The Hall–Kier alpha value is -2.11. The molecule has 6 nitrogen and oxygen atoms in total. The molecule has 0 fully saturated rings. The zero-order chi connectivity index (χ0) is 15.3. The molecular weight excluding hydrogens is 260 g/mol. The summed E-state index contributed by atoms with van der Waals surface area (Å²) in [7, 11) is 0. The van der Waals surface area contributed by atoms with Gasteiger partial charge in [-0.3, -0.25) is 10.1 Å². The Bertz CT molecular complexity index is 500. The number of nitro groups is 1. The van der Waals surface area contributed by atoms with E-state index >= 15 is 0 Å². The topological polar surface area (TPSA) is 92.5 Å². The standard InChI is InChI=1S/C14H20N2O4/c1-9(2)4-5-10(3)15-11-6-7-13(16(19)20)12(8-11)14(17)18/h6-10,15H,4-5H2,1-3H3,(H,17,18). The van der Waals surface area contributed by atoms with Crippen LogP contribution in [-0.4, -0.2) is 22.0 Å². The average molecular weight is 280 g/mol. The van der Waals surface area contributed by atoms with Gasteiger partial charge in [0.15, 0.2) is 0 Å². The number of nitro benzene ring substituents is 1. The van der Waals surface area contributed by atoms with Crippen LogP contribution in [0.2, 0.25) is 0 Å². The summed E-state index contributed by atoms with van der Waals surface area (Å²) >= 11 is 0. The number of hydrogen-bond donors (Lipinski definition) is 2. The molecule has 0 radical (unpaired) electrons. The van der Waals surface area contributed by atoms with Gasteiger partial charge >= 0.3 is 5.97 Å². The molecule has 0 spiro atoms. The molecule has 1 atom stereocenters. The molecule has 20 heavy (non-hydrogen) atoms. The molecule has 0 aliphatic heterocycles. The first-order valence-electron chi connectivity index (χ1n) is 6.59. The molecule has 6 heteroatoms. The van der Waals surface area contributed by atoms with Crippen LogP contribution >= 0.6 is 0 Å². The third-order valence-corrected chi connectivity index (χ3v) is 3.01. The molecule has 0 saturated carbocycles. The highest BCUT2D eigenvalue weighted by molar-refractivity contribution is 5.93. The first-order chi connectivity index (χ1) is 9.31. The monoisotopic (exact) mass is 280 g/mol. The van der Waals surface area contributed by atoms with Gasteiger partial charge in [0.1, 0.15) is 5.56 Å². The molecule has 0 heterocycles. The van der Waals surface area contributed by atoms with Crippen LogP contribution in [0.15, 0.2) is 18.2 Å². The Morgan fingerprint density at radius 2 is 2.00 bits per heavy atom. The molecule has 1 rings (SSSR count). The fourth-order valence-electron chi connectivity index (χ4n) is 1.90.